The van der Waals surface area contributed by atoms with Crippen LogP contribution in [0.2, 0.25) is 0 Å². The Hall–Kier alpha value is -3.92. The molecule has 1 aliphatic carbocycles. The van der Waals surface area contributed by atoms with Crippen molar-refractivity contribution in [3.05, 3.63) is 82.4 Å². The highest BCUT2D eigenvalue weighted by Crippen LogP contribution is 2.50. The topological polar surface area (TPSA) is 85.8 Å². The van der Waals surface area contributed by atoms with E-state index in [-0.39, 0.29) is 22.5 Å². The lowest BCUT2D eigenvalue weighted by Gasteiger charge is -2.17. The van der Waals surface area contributed by atoms with E-state index in [9.17, 15) is 19.1 Å². The Balaban J connectivity index is 1.80. The van der Waals surface area contributed by atoms with Gasteiger partial charge in [0.15, 0.2) is 11.6 Å². The van der Waals surface area contributed by atoms with E-state index in [0.29, 0.717) is 11.1 Å². The number of aromatic nitrogens is 2. The number of rotatable bonds is 2. The number of fused-ring (bicyclic) bond motifs is 2. The molecule has 1 aliphatic rings. The highest BCUT2D eigenvalue weighted by molar-refractivity contribution is 5.96. The summed E-state index contributed by atoms with van der Waals surface area (Å²) in [6, 6.07) is 9.69. The van der Waals surface area contributed by atoms with E-state index in [0.717, 1.165) is 17.0 Å². The second kappa shape index (κ2) is 5.79. The molecule has 0 spiro atoms. The van der Waals surface area contributed by atoms with E-state index >= 15 is 0 Å². The summed E-state index contributed by atoms with van der Waals surface area (Å²) in [5.41, 5.74) is 2.29. The second-order valence-electron chi connectivity index (χ2n) is 6.53. The van der Waals surface area contributed by atoms with Crippen LogP contribution in [-0.4, -0.2) is 15.3 Å². The number of furan rings is 1. The number of nitrogens with one attached hydrogen (secondary N) is 1. The Morgan fingerprint density at radius 1 is 1.21 bits per heavy atom. The Bertz CT molecular complexity index is 1330. The van der Waals surface area contributed by atoms with Crippen LogP contribution in [0.25, 0.3) is 22.6 Å². The average molecular weight is 375 g/mol. The summed E-state index contributed by atoms with van der Waals surface area (Å²) in [5.74, 6) is -3.14. The molecule has 5 nitrogen and oxygen atoms in total. The SMILES string of the molecule is N#Cc1ccoc1C1C(c2ccc3[nH]ncc3c2)=Cc2c(F)cc(O)c(F)c21. The van der Waals surface area contributed by atoms with E-state index in [1.54, 1.807) is 12.3 Å². The van der Waals surface area contributed by atoms with Gasteiger partial charge < -0.3 is 9.52 Å². The molecule has 0 saturated heterocycles. The van der Waals surface area contributed by atoms with Crippen LogP contribution in [-0.2, 0) is 0 Å². The van der Waals surface area contributed by atoms with Gasteiger partial charge in [0.1, 0.15) is 17.6 Å². The van der Waals surface area contributed by atoms with Gasteiger partial charge in [0.05, 0.1) is 29.5 Å². The van der Waals surface area contributed by atoms with Crippen molar-refractivity contribution in [1.29, 1.82) is 5.26 Å². The fourth-order valence-electron chi connectivity index (χ4n) is 3.75. The molecule has 0 saturated carbocycles. The van der Waals surface area contributed by atoms with Gasteiger partial charge in [-0.25, -0.2) is 8.78 Å². The molecule has 2 heterocycles. The monoisotopic (exact) mass is 375 g/mol. The highest BCUT2D eigenvalue weighted by Gasteiger charge is 2.37. The summed E-state index contributed by atoms with van der Waals surface area (Å²) in [4.78, 5) is 0. The van der Waals surface area contributed by atoms with Crippen LogP contribution in [0.3, 0.4) is 0 Å². The summed E-state index contributed by atoms with van der Waals surface area (Å²) >= 11 is 0. The summed E-state index contributed by atoms with van der Waals surface area (Å²) in [6.07, 6.45) is 4.51. The minimum absolute atomic E-state index is 0.0304. The van der Waals surface area contributed by atoms with Crippen LogP contribution in [0.4, 0.5) is 8.78 Å². The first kappa shape index (κ1) is 16.3. The highest BCUT2D eigenvalue weighted by atomic mass is 19.1. The number of nitriles is 1. The Labute approximate surface area is 157 Å². The number of hydrogen-bond donors (Lipinski definition) is 2. The summed E-state index contributed by atoms with van der Waals surface area (Å²) in [5, 5.41) is 26.9. The molecule has 0 fully saturated rings. The Morgan fingerprint density at radius 2 is 2.07 bits per heavy atom. The van der Waals surface area contributed by atoms with Gasteiger partial charge in [0.2, 0.25) is 0 Å². The molecule has 2 N–H and O–H groups in total. The van der Waals surface area contributed by atoms with Gasteiger partial charge in [0, 0.05) is 22.6 Å². The van der Waals surface area contributed by atoms with Crippen molar-refractivity contribution < 1.29 is 18.3 Å². The molecule has 2 aromatic heterocycles. The van der Waals surface area contributed by atoms with Crippen molar-refractivity contribution in [3.8, 4) is 11.8 Å². The van der Waals surface area contributed by atoms with Crippen LogP contribution >= 0.6 is 0 Å². The van der Waals surface area contributed by atoms with Gasteiger partial charge >= 0.3 is 0 Å². The maximum absolute atomic E-state index is 14.9. The molecule has 28 heavy (non-hydrogen) atoms. The van der Waals surface area contributed by atoms with Gasteiger partial charge in [-0.15, -0.1) is 0 Å². The number of phenolic OH excluding ortho intramolecular Hbond substituents is 1. The minimum Gasteiger partial charge on any atom is -0.505 e. The van der Waals surface area contributed by atoms with E-state index < -0.39 is 23.3 Å². The van der Waals surface area contributed by atoms with E-state index in [2.05, 4.69) is 10.2 Å². The maximum Gasteiger partial charge on any atom is 0.169 e. The van der Waals surface area contributed by atoms with Crippen molar-refractivity contribution in [2.75, 3.05) is 0 Å². The fraction of sp³-hybridized carbons (Fsp3) is 0.0476. The number of nitrogens with zero attached hydrogens (tertiary/aromatic N) is 2. The van der Waals surface area contributed by atoms with Gasteiger partial charge in [0.25, 0.3) is 0 Å². The molecule has 0 bridgehead atoms. The normalized spacial score (nSPS) is 15.5. The first-order chi connectivity index (χ1) is 13.6. The van der Waals surface area contributed by atoms with Gasteiger partial charge in [-0.05, 0) is 35.4 Å². The maximum atomic E-state index is 14.9. The van der Waals surface area contributed by atoms with Crippen molar-refractivity contribution in [1.82, 2.24) is 10.2 Å². The molecule has 0 amide bonds. The average Bonchev–Trinajstić information content (AvgIpc) is 3.41. The molecule has 0 radical (unpaired) electrons. The largest absolute Gasteiger partial charge is 0.505 e. The molecular formula is C21H11F2N3O2. The summed E-state index contributed by atoms with van der Waals surface area (Å²) in [6.45, 7) is 0. The lowest BCUT2D eigenvalue weighted by molar-refractivity contribution is 0.419. The third-order valence-electron chi connectivity index (χ3n) is 5.02. The molecular weight excluding hydrogens is 364 g/mol. The van der Waals surface area contributed by atoms with E-state index in [4.69, 9.17) is 4.42 Å². The first-order valence-electron chi connectivity index (χ1n) is 8.42. The smallest absolute Gasteiger partial charge is 0.169 e. The van der Waals surface area contributed by atoms with Crippen LogP contribution in [0.15, 0.2) is 47.2 Å². The van der Waals surface area contributed by atoms with Crippen molar-refractivity contribution >= 4 is 22.6 Å². The van der Waals surface area contributed by atoms with Crippen LogP contribution in [0, 0.1) is 23.0 Å². The number of benzene rings is 2. The third-order valence-corrected chi connectivity index (χ3v) is 5.02. The number of aromatic amines is 1. The summed E-state index contributed by atoms with van der Waals surface area (Å²) in [7, 11) is 0. The number of phenols is 1. The van der Waals surface area contributed by atoms with Crippen molar-refractivity contribution in [2.24, 2.45) is 0 Å². The lowest BCUT2D eigenvalue weighted by atomic mass is 9.87. The molecule has 2 aromatic carbocycles. The molecule has 0 aliphatic heterocycles. The number of aromatic hydroxyl groups is 1. The van der Waals surface area contributed by atoms with Crippen molar-refractivity contribution in [2.45, 2.75) is 5.92 Å². The van der Waals surface area contributed by atoms with Crippen molar-refractivity contribution in [3.63, 3.8) is 0 Å². The fourth-order valence-corrected chi connectivity index (χ4v) is 3.75. The number of H-pyrrole nitrogens is 1. The zero-order valence-corrected chi connectivity index (χ0v) is 14.2. The standard InChI is InChI=1S/C21H11F2N3O2/c22-15-7-17(27)20(23)18-14(15)6-13(19(18)21-11(8-24)3-4-28-21)10-1-2-16-12(5-10)9-25-26-16/h1-7,9,19,27H,(H,25,26). The Morgan fingerprint density at radius 3 is 2.89 bits per heavy atom. The molecule has 136 valence electrons. The van der Waals surface area contributed by atoms with E-state index in [1.165, 1.54) is 18.4 Å². The third kappa shape index (κ3) is 2.18. The number of allylic oxidation sites excluding steroid dienone is 1. The van der Waals surface area contributed by atoms with Gasteiger partial charge in [-0.1, -0.05) is 6.07 Å². The molecule has 1 atom stereocenters. The predicted octanol–water partition coefficient (Wildman–Crippen LogP) is 4.70. The van der Waals surface area contributed by atoms with Crippen LogP contribution in [0.5, 0.6) is 5.75 Å². The van der Waals surface area contributed by atoms with Gasteiger partial charge in [-0.2, -0.15) is 10.4 Å². The minimum atomic E-state index is -0.933. The Kier molecular flexibility index (Phi) is 3.36. The summed E-state index contributed by atoms with van der Waals surface area (Å²) < 4.78 is 34.9. The zero-order chi connectivity index (χ0) is 19.4. The quantitative estimate of drug-likeness (QED) is 0.532. The lowest BCUT2D eigenvalue weighted by Crippen LogP contribution is -2.05. The van der Waals surface area contributed by atoms with Gasteiger partial charge in [-0.3, -0.25) is 5.10 Å². The first-order valence-corrected chi connectivity index (χ1v) is 8.42. The number of halogens is 2. The second-order valence-corrected chi connectivity index (χ2v) is 6.53. The zero-order valence-electron chi connectivity index (χ0n) is 14.2. The van der Waals surface area contributed by atoms with E-state index in [1.807, 2.05) is 18.2 Å². The molecule has 4 aromatic rings. The molecule has 7 heteroatoms. The molecule has 5 rings (SSSR count). The van der Waals surface area contributed by atoms with Crippen LogP contribution in [0.1, 0.15) is 33.9 Å². The molecule has 1 unspecified atom stereocenters. The van der Waals surface area contributed by atoms with Crippen LogP contribution < -0.4 is 0 Å². The predicted molar refractivity (Wildman–Crippen MR) is 97.3 cm³/mol. The number of hydrogen-bond acceptors (Lipinski definition) is 4.